The van der Waals surface area contributed by atoms with Crippen molar-refractivity contribution in [1.82, 2.24) is 4.68 Å². The first-order valence-electron chi connectivity index (χ1n) is 7.33. The summed E-state index contributed by atoms with van der Waals surface area (Å²) in [5.41, 5.74) is 3.87. The Bertz CT molecular complexity index is 938. The molecule has 4 nitrogen and oxygen atoms in total. The minimum absolute atomic E-state index is 0.245. The van der Waals surface area contributed by atoms with Gasteiger partial charge in [-0.3, -0.25) is 4.99 Å². The van der Waals surface area contributed by atoms with Gasteiger partial charge in [-0.2, -0.15) is 5.10 Å². The second kappa shape index (κ2) is 7.15. The van der Waals surface area contributed by atoms with Crippen LogP contribution in [0.25, 0.3) is 11.3 Å². The lowest BCUT2D eigenvalue weighted by Gasteiger charge is -2.06. The van der Waals surface area contributed by atoms with Crippen LogP contribution in [-0.4, -0.2) is 22.5 Å². The third-order valence-electron chi connectivity index (χ3n) is 3.55. The summed E-state index contributed by atoms with van der Waals surface area (Å²) in [6, 6.07) is 15.1. The summed E-state index contributed by atoms with van der Waals surface area (Å²) in [6.07, 6.45) is 0. The molecule has 1 N–H and O–H groups in total. The van der Waals surface area contributed by atoms with Gasteiger partial charge in [0.1, 0.15) is 5.75 Å². The Balaban J connectivity index is 2.10. The van der Waals surface area contributed by atoms with Crippen molar-refractivity contribution in [3.05, 3.63) is 68.7 Å². The van der Waals surface area contributed by atoms with Crippen LogP contribution in [0.15, 0.2) is 68.5 Å². The van der Waals surface area contributed by atoms with Crippen molar-refractivity contribution in [3.8, 4) is 17.0 Å². The second-order valence-corrected chi connectivity index (χ2v) is 6.93. The maximum Gasteiger partial charge on any atom is 0.205 e. The molecule has 2 aromatic carbocycles. The second-order valence-electron chi connectivity index (χ2n) is 5.18. The zero-order chi connectivity index (χ0) is 17.1. The van der Waals surface area contributed by atoms with Crippen molar-refractivity contribution < 1.29 is 5.11 Å². The van der Waals surface area contributed by atoms with Crippen LogP contribution in [0.4, 0.5) is 0 Å². The summed E-state index contributed by atoms with van der Waals surface area (Å²) >= 11 is 5.01. The van der Waals surface area contributed by atoms with Crippen LogP contribution < -0.4 is 4.80 Å². The molecule has 6 heteroatoms. The van der Waals surface area contributed by atoms with E-state index in [-0.39, 0.29) is 5.75 Å². The number of hydrogen-bond acceptors (Lipinski definition) is 4. The first-order valence-corrected chi connectivity index (χ1v) is 9.00. The molecule has 1 aromatic heterocycles. The van der Waals surface area contributed by atoms with E-state index in [1.165, 1.54) is 0 Å². The zero-order valence-electron chi connectivity index (χ0n) is 13.3. The molecule has 0 aliphatic heterocycles. The minimum Gasteiger partial charge on any atom is -0.508 e. The molecular formula is C18H16BrN3OS. The lowest BCUT2D eigenvalue weighted by molar-refractivity contribution is 0.475. The van der Waals surface area contributed by atoms with E-state index >= 15 is 0 Å². The summed E-state index contributed by atoms with van der Waals surface area (Å²) in [5.74, 6) is 0.245. The number of thiazole rings is 1. The van der Waals surface area contributed by atoms with E-state index in [1.54, 1.807) is 30.5 Å². The highest BCUT2D eigenvalue weighted by molar-refractivity contribution is 9.10. The molecule has 0 saturated heterocycles. The van der Waals surface area contributed by atoms with Crippen molar-refractivity contribution in [1.29, 1.82) is 0 Å². The molecule has 0 bridgehead atoms. The molecule has 3 aromatic rings. The van der Waals surface area contributed by atoms with E-state index in [4.69, 9.17) is 5.10 Å². The third kappa shape index (κ3) is 3.49. The molecule has 0 aliphatic rings. The number of nitrogens with zero attached hydrogens (tertiary/aromatic N) is 3. The van der Waals surface area contributed by atoms with E-state index < -0.39 is 0 Å². The summed E-state index contributed by atoms with van der Waals surface area (Å²) in [4.78, 5) is 5.15. The average molecular weight is 402 g/mol. The van der Waals surface area contributed by atoms with Crippen LogP contribution in [0.2, 0.25) is 0 Å². The molecule has 0 radical (unpaired) electrons. The molecule has 0 aliphatic carbocycles. The zero-order valence-corrected chi connectivity index (χ0v) is 15.7. The Kier molecular flexibility index (Phi) is 4.97. The molecule has 24 heavy (non-hydrogen) atoms. The number of rotatable bonds is 3. The van der Waals surface area contributed by atoms with Gasteiger partial charge in [-0.25, -0.2) is 4.68 Å². The lowest BCUT2D eigenvalue weighted by Crippen LogP contribution is -2.13. The molecule has 1 heterocycles. The average Bonchev–Trinajstić information content (AvgIpc) is 2.98. The van der Waals surface area contributed by atoms with Crippen LogP contribution >= 0.6 is 27.3 Å². The SMILES string of the molecule is CN=c1scc(-c2ccc(Br)cc2)n1N=C(C)c1ccc(O)cc1. The molecular weight excluding hydrogens is 386 g/mol. The smallest absolute Gasteiger partial charge is 0.205 e. The van der Waals surface area contributed by atoms with Gasteiger partial charge in [0.05, 0.1) is 11.4 Å². The summed E-state index contributed by atoms with van der Waals surface area (Å²) in [6.45, 7) is 1.95. The maximum absolute atomic E-state index is 9.43. The van der Waals surface area contributed by atoms with Crippen LogP contribution in [0.3, 0.4) is 0 Å². The fourth-order valence-electron chi connectivity index (χ4n) is 2.28. The quantitative estimate of drug-likeness (QED) is 0.645. The Morgan fingerprint density at radius 3 is 2.38 bits per heavy atom. The van der Waals surface area contributed by atoms with Crippen molar-refractivity contribution in [3.63, 3.8) is 0 Å². The number of phenolic OH excluding ortho intramolecular Hbond substituents is 1. The Morgan fingerprint density at radius 2 is 1.75 bits per heavy atom. The van der Waals surface area contributed by atoms with Gasteiger partial charge in [0, 0.05) is 22.5 Å². The molecule has 0 unspecified atom stereocenters. The Hall–Kier alpha value is -2.18. The number of aromatic hydroxyl groups is 1. The van der Waals surface area contributed by atoms with Crippen molar-refractivity contribution in [2.45, 2.75) is 6.92 Å². The lowest BCUT2D eigenvalue weighted by atomic mass is 10.1. The van der Waals surface area contributed by atoms with Crippen LogP contribution in [-0.2, 0) is 0 Å². The van der Waals surface area contributed by atoms with Gasteiger partial charge >= 0.3 is 0 Å². The molecule has 0 atom stereocenters. The van der Waals surface area contributed by atoms with E-state index in [2.05, 4.69) is 26.3 Å². The standard InChI is InChI=1S/C18H16BrN3OS/c1-12(13-5-9-16(23)10-6-13)21-22-17(11-24-18(22)20-2)14-3-7-15(19)8-4-14/h3-11,23H,1-2H3. The summed E-state index contributed by atoms with van der Waals surface area (Å²) in [7, 11) is 1.76. The number of halogens is 1. The van der Waals surface area contributed by atoms with E-state index in [1.807, 2.05) is 48.0 Å². The number of benzene rings is 2. The maximum atomic E-state index is 9.43. The van der Waals surface area contributed by atoms with Gasteiger partial charge < -0.3 is 5.11 Å². The summed E-state index contributed by atoms with van der Waals surface area (Å²) in [5, 5.41) is 16.2. The third-order valence-corrected chi connectivity index (χ3v) is 4.99. The van der Waals surface area contributed by atoms with Crippen molar-refractivity contribution >= 4 is 33.0 Å². The first kappa shape index (κ1) is 16.7. The molecule has 0 spiro atoms. The van der Waals surface area contributed by atoms with E-state index in [0.29, 0.717) is 0 Å². The van der Waals surface area contributed by atoms with Crippen LogP contribution in [0.5, 0.6) is 5.75 Å². The predicted molar refractivity (Wildman–Crippen MR) is 103 cm³/mol. The van der Waals surface area contributed by atoms with Gasteiger partial charge in [-0.1, -0.05) is 28.1 Å². The van der Waals surface area contributed by atoms with Gasteiger partial charge in [-0.15, -0.1) is 11.3 Å². The number of hydrogen-bond donors (Lipinski definition) is 1. The van der Waals surface area contributed by atoms with Gasteiger partial charge in [0.25, 0.3) is 0 Å². The van der Waals surface area contributed by atoms with Crippen LogP contribution in [0.1, 0.15) is 12.5 Å². The fraction of sp³-hybridized carbons (Fsp3) is 0.111. The highest BCUT2D eigenvalue weighted by atomic mass is 79.9. The van der Waals surface area contributed by atoms with Crippen molar-refractivity contribution in [2.24, 2.45) is 10.1 Å². The van der Waals surface area contributed by atoms with Gasteiger partial charge in [0.15, 0.2) is 0 Å². The number of phenols is 1. The van der Waals surface area contributed by atoms with Crippen LogP contribution in [0, 0.1) is 0 Å². The minimum atomic E-state index is 0.245. The highest BCUT2D eigenvalue weighted by Gasteiger charge is 2.08. The number of aromatic nitrogens is 1. The Labute approximate surface area is 152 Å². The highest BCUT2D eigenvalue weighted by Crippen LogP contribution is 2.23. The van der Waals surface area contributed by atoms with Gasteiger partial charge in [0.2, 0.25) is 4.80 Å². The fourth-order valence-corrected chi connectivity index (χ4v) is 3.34. The summed E-state index contributed by atoms with van der Waals surface area (Å²) < 4.78 is 2.90. The monoisotopic (exact) mass is 401 g/mol. The largest absolute Gasteiger partial charge is 0.508 e. The normalized spacial score (nSPS) is 12.6. The molecule has 0 fully saturated rings. The van der Waals surface area contributed by atoms with Gasteiger partial charge in [-0.05, 0) is 48.9 Å². The predicted octanol–water partition coefficient (Wildman–Crippen LogP) is 4.49. The molecule has 0 saturated carbocycles. The molecule has 0 amide bonds. The van der Waals surface area contributed by atoms with E-state index in [9.17, 15) is 5.11 Å². The molecule has 3 rings (SSSR count). The molecule has 122 valence electrons. The first-order chi connectivity index (χ1) is 11.6. The topological polar surface area (TPSA) is 49.9 Å². The van der Waals surface area contributed by atoms with E-state index in [0.717, 1.165) is 31.8 Å². The Morgan fingerprint density at radius 1 is 1.08 bits per heavy atom. The van der Waals surface area contributed by atoms with Crippen molar-refractivity contribution in [2.75, 3.05) is 7.05 Å².